The summed E-state index contributed by atoms with van der Waals surface area (Å²) in [5.41, 5.74) is 2.42. The van der Waals surface area contributed by atoms with Crippen molar-refractivity contribution in [1.29, 1.82) is 0 Å². The van der Waals surface area contributed by atoms with Crippen LogP contribution in [0.5, 0.6) is 0 Å². The fourth-order valence-electron chi connectivity index (χ4n) is 5.05. The predicted octanol–water partition coefficient (Wildman–Crippen LogP) is 5.36. The lowest BCUT2D eigenvalue weighted by Gasteiger charge is -2.35. The summed E-state index contributed by atoms with van der Waals surface area (Å²) in [6.07, 6.45) is 2.99. The molecule has 0 radical (unpaired) electrons. The lowest BCUT2D eigenvalue weighted by molar-refractivity contribution is -0.129. The van der Waals surface area contributed by atoms with Crippen LogP contribution in [0.2, 0.25) is 0 Å². The number of carbonyl (C=O) groups excluding carboxylic acids is 1. The first-order valence-corrected chi connectivity index (χ1v) is 11.4. The highest BCUT2D eigenvalue weighted by Crippen LogP contribution is 2.41. The van der Waals surface area contributed by atoms with Crippen LogP contribution in [-0.4, -0.2) is 30.6 Å². The molecule has 33 heavy (non-hydrogen) atoms. The van der Waals surface area contributed by atoms with Gasteiger partial charge in [-0.1, -0.05) is 6.92 Å². The molecule has 1 atom stereocenters. The fourth-order valence-corrected chi connectivity index (χ4v) is 5.05. The van der Waals surface area contributed by atoms with E-state index >= 15 is 0 Å². The van der Waals surface area contributed by atoms with Crippen LogP contribution in [0.25, 0.3) is 22.2 Å². The van der Waals surface area contributed by atoms with Crippen LogP contribution in [0.4, 0.5) is 13.2 Å². The maximum absolute atomic E-state index is 14.5. The number of aromatic nitrogens is 1. The minimum Gasteiger partial charge on any atom is -0.381 e. The van der Waals surface area contributed by atoms with Gasteiger partial charge in [-0.15, -0.1) is 0 Å². The van der Waals surface area contributed by atoms with Crippen LogP contribution >= 0.6 is 0 Å². The summed E-state index contributed by atoms with van der Waals surface area (Å²) in [5, 5.41) is 3.57. The molecule has 0 spiro atoms. The summed E-state index contributed by atoms with van der Waals surface area (Å²) in [5.74, 6) is -1.41. The van der Waals surface area contributed by atoms with Crippen molar-refractivity contribution in [3.63, 3.8) is 0 Å². The molecular formula is C26H27F3N2O2. The van der Waals surface area contributed by atoms with Crippen molar-refractivity contribution in [1.82, 2.24) is 10.3 Å². The van der Waals surface area contributed by atoms with Gasteiger partial charge >= 0.3 is 0 Å². The Balaban J connectivity index is 1.32. The summed E-state index contributed by atoms with van der Waals surface area (Å²) in [6, 6.07) is 8.15. The van der Waals surface area contributed by atoms with Crippen molar-refractivity contribution >= 4 is 16.8 Å². The van der Waals surface area contributed by atoms with E-state index in [4.69, 9.17) is 4.74 Å². The first-order valence-electron chi connectivity index (χ1n) is 11.4. The smallest absolute Gasteiger partial charge is 0.223 e. The number of benzene rings is 2. The number of amides is 1. The van der Waals surface area contributed by atoms with Crippen LogP contribution in [0.3, 0.4) is 0 Å². The molecule has 2 aromatic carbocycles. The van der Waals surface area contributed by atoms with E-state index in [-0.39, 0.29) is 34.5 Å². The second-order valence-electron chi connectivity index (χ2n) is 9.87. The Kier molecular flexibility index (Phi) is 5.69. The van der Waals surface area contributed by atoms with Gasteiger partial charge < -0.3 is 15.0 Å². The van der Waals surface area contributed by atoms with Crippen LogP contribution in [0.15, 0.2) is 36.4 Å². The zero-order valence-corrected chi connectivity index (χ0v) is 18.5. The van der Waals surface area contributed by atoms with Gasteiger partial charge in [-0.25, -0.2) is 13.2 Å². The maximum Gasteiger partial charge on any atom is 0.223 e. The Labute approximate surface area is 190 Å². The summed E-state index contributed by atoms with van der Waals surface area (Å²) < 4.78 is 47.4. The molecule has 7 heteroatoms. The van der Waals surface area contributed by atoms with E-state index in [1.165, 1.54) is 18.2 Å². The van der Waals surface area contributed by atoms with E-state index < -0.39 is 11.6 Å². The van der Waals surface area contributed by atoms with Crippen molar-refractivity contribution in [2.75, 3.05) is 19.8 Å². The van der Waals surface area contributed by atoms with Gasteiger partial charge in [-0.3, -0.25) is 4.79 Å². The molecule has 2 heterocycles. The molecule has 3 aromatic rings. The monoisotopic (exact) mass is 456 g/mol. The predicted molar refractivity (Wildman–Crippen MR) is 120 cm³/mol. The van der Waals surface area contributed by atoms with E-state index in [0.29, 0.717) is 36.2 Å². The Morgan fingerprint density at radius 3 is 2.61 bits per heavy atom. The van der Waals surface area contributed by atoms with E-state index in [9.17, 15) is 18.0 Å². The van der Waals surface area contributed by atoms with Gasteiger partial charge in [0.1, 0.15) is 17.5 Å². The van der Waals surface area contributed by atoms with E-state index in [2.05, 4.69) is 17.2 Å². The molecule has 0 bridgehead atoms. The molecule has 5 rings (SSSR count). The highest BCUT2D eigenvalue weighted by molar-refractivity contribution is 5.91. The largest absolute Gasteiger partial charge is 0.381 e. The molecule has 1 aliphatic heterocycles. The van der Waals surface area contributed by atoms with Crippen LogP contribution < -0.4 is 5.32 Å². The van der Waals surface area contributed by atoms with Crippen LogP contribution in [0, 0.1) is 34.7 Å². The Morgan fingerprint density at radius 1 is 1.15 bits per heavy atom. The number of rotatable bonds is 6. The average Bonchev–Trinajstić information content (AvgIpc) is 3.34. The molecule has 1 saturated heterocycles. The van der Waals surface area contributed by atoms with E-state index in [1.807, 2.05) is 0 Å². The van der Waals surface area contributed by atoms with E-state index in [1.54, 1.807) is 12.1 Å². The molecule has 1 aromatic heterocycles. The third-order valence-electron chi connectivity index (χ3n) is 7.15. The molecule has 2 aliphatic rings. The molecule has 1 aliphatic carbocycles. The first kappa shape index (κ1) is 22.0. The van der Waals surface area contributed by atoms with Gasteiger partial charge in [-0.05, 0) is 73.1 Å². The molecule has 174 valence electrons. The SMILES string of the molecule is CC1(CNC(=O)C2CC(Cc3c(-c4ccc(F)cc4)[nH]c4c(F)cc(F)cc34)C2)CCOC1. The molecule has 2 N–H and O–H groups in total. The number of nitrogens with one attached hydrogen (secondary N) is 2. The number of ether oxygens (including phenoxy) is 1. The Bertz CT molecular complexity index is 1180. The third kappa shape index (κ3) is 4.38. The summed E-state index contributed by atoms with van der Waals surface area (Å²) in [4.78, 5) is 15.7. The number of aromatic amines is 1. The van der Waals surface area contributed by atoms with E-state index in [0.717, 1.165) is 37.5 Å². The van der Waals surface area contributed by atoms with Gasteiger partial charge in [0, 0.05) is 41.6 Å². The molecule has 1 saturated carbocycles. The summed E-state index contributed by atoms with van der Waals surface area (Å²) in [6.45, 7) is 4.14. The average molecular weight is 457 g/mol. The van der Waals surface area contributed by atoms with Gasteiger partial charge in [-0.2, -0.15) is 0 Å². The standard InChI is InChI=1S/C26H27F3N2O2/c1-26(6-7-33-14-26)13-30-25(32)17-8-15(9-17)10-20-21-11-19(28)12-22(29)24(21)31-23(20)16-2-4-18(27)5-3-16/h2-5,11-12,15,17,31H,6-10,13-14H2,1H3,(H,30,32). The molecule has 1 amide bonds. The highest BCUT2D eigenvalue weighted by Gasteiger charge is 2.37. The number of carbonyl (C=O) groups is 1. The van der Waals surface area contributed by atoms with Gasteiger partial charge in [0.2, 0.25) is 5.91 Å². The molecule has 4 nitrogen and oxygen atoms in total. The van der Waals surface area contributed by atoms with Crippen molar-refractivity contribution in [3.8, 4) is 11.3 Å². The van der Waals surface area contributed by atoms with Crippen molar-refractivity contribution in [2.45, 2.75) is 32.6 Å². The lowest BCUT2D eigenvalue weighted by Crippen LogP contribution is -2.43. The van der Waals surface area contributed by atoms with Crippen molar-refractivity contribution < 1.29 is 22.7 Å². The Hall–Kier alpha value is -2.80. The zero-order chi connectivity index (χ0) is 23.2. The second kappa shape index (κ2) is 8.52. The normalized spacial score (nSPS) is 24.7. The molecule has 1 unspecified atom stereocenters. The number of fused-ring (bicyclic) bond motifs is 1. The van der Waals surface area contributed by atoms with Crippen molar-refractivity contribution in [2.24, 2.45) is 17.3 Å². The maximum atomic E-state index is 14.5. The molecule has 2 fully saturated rings. The minimum absolute atomic E-state index is 0.00104. The van der Waals surface area contributed by atoms with Gasteiger partial charge in [0.15, 0.2) is 0 Å². The second-order valence-corrected chi connectivity index (χ2v) is 9.87. The number of hydrogen-bond donors (Lipinski definition) is 2. The topological polar surface area (TPSA) is 54.1 Å². The number of H-pyrrole nitrogens is 1. The van der Waals surface area contributed by atoms with Crippen LogP contribution in [-0.2, 0) is 16.0 Å². The van der Waals surface area contributed by atoms with Gasteiger partial charge in [0.05, 0.1) is 12.1 Å². The summed E-state index contributed by atoms with van der Waals surface area (Å²) >= 11 is 0. The molecular weight excluding hydrogens is 429 g/mol. The van der Waals surface area contributed by atoms with Crippen LogP contribution in [0.1, 0.15) is 31.7 Å². The Morgan fingerprint density at radius 2 is 1.91 bits per heavy atom. The first-order chi connectivity index (χ1) is 15.8. The quantitative estimate of drug-likeness (QED) is 0.525. The minimum atomic E-state index is -0.658. The lowest BCUT2D eigenvalue weighted by atomic mass is 9.71. The fraction of sp³-hybridized carbons (Fsp3) is 0.423. The van der Waals surface area contributed by atoms with Gasteiger partial charge in [0.25, 0.3) is 0 Å². The zero-order valence-electron chi connectivity index (χ0n) is 18.5. The van der Waals surface area contributed by atoms with Crippen molar-refractivity contribution in [3.05, 3.63) is 59.4 Å². The highest BCUT2D eigenvalue weighted by atomic mass is 19.1. The summed E-state index contributed by atoms with van der Waals surface area (Å²) in [7, 11) is 0. The number of hydrogen-bond acceptors (Lipinski definition) is 2. The third-order valence-corrected chi connectivity index (χ3v) is 7.15. The number of halogens is 3.